The molecule has 0 saturated heterocycles. The Hall–Kier alpha value is -2.37. The summed E-state index contributed by atoms with van der Waals surface area (Å²) in [4.78, 5) is 12.2. The van der Waals surface area contributed by atoms with Crippen LogP contribution in [0.5, 0.6) is 6.01 Å². The smallest absolute Gasteiger partial charge is 0.323 e. The van der Waals surface area contributed by atoms with Crippen LogP contribution in [0.15, 0.2) is 24.3 Å². The van der Waals surface area contributed by atoms with E-state index in [1.165, 1.54) is 5.56 Å². The predicted octanol–water partition coefficient (Wildman–Crippen LogP) is 2.72. The van der Waals surface area contributed by atoms with Crippen LogP contribution in [-0.4, -0.2) is 21.6 Å². The van der Waals surface area contributed by atoms with Gasteiger partial charge in [-0.25, -0.2) is 0 Å². The first-order chi connectivity index (χ1) is 9.60. The van der Waals surface area contributed by atoms with Crippen molar-refractivity contribution in [3.63, 3.8) is 0 Å². The molecule has 2 aromatic rings. The molecular formula is C14H19N5O. The Morgan fingerprint density at radius 2 is 1.95 bits per heavy atom. The van der Waals surface area contributed by atoms with Crippen LogP contribution in [0.3, 0.4) is 0 Å². The highest BCUT2D eigenvalue weighted by Crippen LogP contribution is 2.26. The van der Waals surface area contributed by atoms with Gasteiger partial charge < -0.3 is 15.8 Å². The van der Waals surface area contributed by atoms with Gasteiger partial charge in [-0.1, -0.05) is 32.0 Å². The number of aromatic nitrogens is 3. The molecule has 106 valence electrons. The fourth-order valence-electron chi connectivity index (χ4n) is 1.86. The average molecular weight is 273 g/mol. The number of anilines is 3. The number of nitrogens with two attached hydrogens (primary N) is 1. The van der Waals surface area contributed by atoms with E-state index < -0.39 is 0 Å². The average Bonchev–Trinajstić information content (AvgIpc) is 2.38. The van der Waals surface area contributed by atoms with Crippen molar-refractivity contribution >= 4 is 17.6 Å². The highest BCUT2D eigenvalue weighted by molar-refractivity contribution is 5.59. The second-order valence-corrected chi connectivity index (χ2v) is 4.60. The Morgan fingerprint density at radius 1 is 1.20 bits per heavy atom. The van der Waals surface area contributed by atoms with Crippen molar-refractivity contribution in [2.24, 2.45) is 0 Å². The van der Waals surface area contributed by atoms with Crippen LogP contribution in [0, 0.1) is 0 Å². The van der Waals surface area contributed by atoms with Crippen LogP contribution in [0.4, 0.5) is 17.6 Å². The van der Waals surface area contributed by atoms with Crippen molar-refractivity contribution in [3.05, 3.63) is 29.8 Å². The lowest BCUT2D eigenvalue weighted by Crippen LogP contribution is -2.07. The molecule has 0 saturated carbocycles. The van der Waals surface area contributed by atoms with Gasteiger partial charge in [0.1, 0.15) is 0 Å². The normalized spacial score (nSPS) is 10.6. The second-order valence-electron chi connectivity index (χ2n) is 4.60. The van der Waals surface area contributed by atoms with Crippen LogP contribution in [-0.2, 0) is 0 Å². The summed E-state index contributed by atoms with van der Waals surface area (Å²) < 4.78 is 5.26. The topological polar surface area (TPSA) is 86.0 Å². The van der Waals surface area contributed by atoms with E-state index >= 15 is 0 Å². The Bertz CT molecular complexity index is 586. The summed E-state index contributed by atoms with van der Waals surface area (Å²) in [5.74, 6) is 0.909. The number of nitrogens with zero attached hydrogens (tertiary/aromatic N) is 3. The summed E-state index contributed by atoms with van der Waals surface area (Å²) in [5.41, 5.74) is 7.80. The minimum absolute atomic E-state index is 0.132. The van der Waals surface area contributed by atoms with Crippen molar-refractivity contribution in [2.75, 3.05) is 17.7 Å². The van der Waals surface area contributed by atoms with Gasteiger partial charge in [0.15, 0.2) is 0 Å². The molecule has 3 N–H and O–H groups in total. The molecule has 6 nitrogen and oxygen atoms in total. The standard InChI is InChI=1S/C14H19N5O/c1-4-20-14-18-12(15)17-13(19-14)16-11-8-6-5-7-10(11)9(2)3/h5-9H,4H2,1-3H3,(H3,15,16,17,18,19). The van der Waals surface area contributed by atoms with Gasteiger partial charge in [0.25, 0.3) is 0 Å². The van der Waals surface area contributed by atoms with E-state index in [1.54, 1.807) is 0 Å². The van der Waals surface area contributed by atoms with Gasteiger partial charge in [-0.15, -0.1) is 0 Å². The largest absolute Gasteiger partial charge is 0.464 e. The molecule has 0 fully saturated rings. The summed E-state index contributed by atoms with van der Waals surface area (Å²) in [6.45, 7) is 6.61. The number of ether oxygens (including phenoxy) is 1. The van der Waals surface area contributed by atoms with Crippen molar-refractivity contribution in [1.29, 1.82) is 0 Å². The van der Waals surface area contributed by atoms with E-state index in [0.29, 0.717) is 18.5 Å². The molecule has 0 aliphatic carbocycles. The predicted molar refractivity (Wildman–Crippen MR) is 79.2 cm³/mol. The van der Waals surface area contributed by atoms with Gasteiger partial charge in [0.2, 0.25) is 11.9 Å². The van der Waals surface area contributed by atoms with Gasteiger partial charge >= 0.3 is 6.01 Å². The zero-order valence-electron chi connectivity index (χ0n) is 11.9. The molecule has 0 unspecified atom stereocenters. The quantitative estimate of drug-likeness (QED) is 0.871. The van der Waals surface area contributed by atoms with Crippen molar-refractivity contribution < 1.29 is 4.74 Å². The Labute approximate surface area is 118 Å². The van der Waals surface area contributed by atoms with E-state index in [-0.39, 0.29) is 12.0 Å². The molecule has 1 heterocycles. The van der Waals surface area contributed by atoms with Crippen molar-refractivity contribution in [2.45, 2.75) is 26.7 Å². The Balaban J connectivity index is 2.30. The fourth-order valence-corrected chi connectivity index (χ4v) is 1.86. The van der Waals surface area contributed by atoms with Gasteiger partial charge in [0, 0.05) is 5.69 Å². The molecule has 0 aliphatic heterocycles. The maximum absolute atomic E-state index is 5.66. The number of hydrogen-bond acceptors (Lipinski definition) is 6. The molecule has 20 heavy (non-hydrogen) atoms. The lowest BCUT2D eigenvalue weighted by molar-refractivity contribution is 0.312. The third-order valence-corrected chi connectivity index (χ3v) is 2.73. The summed E-state index contributed by atoms with van der Waals surface area (Å²) in [6, 6.07) is 8.25. The number of hydrogen-bond donors (Lipinski definition) is 2. The molecule has 0 aliphatic rings. The summed E-state index contributed by atoms with van der Waals surface area (Å²) in [7, 11) is 0. The van der Waals surface area contributed by atoms with Gasteiger partial charge in [0.05, 0.1) is 6.61 Å². The second kappa shape index (κ2) is 6.18. The molecule has 1 aromatic heterocycles. The zero-order chi connectivity index (χ0) is 14.5. The highest BCUT2D eigenvalue weighted by Gasteiger charge is 2.09. The number of nitrogens with one attached hydrogen (secondary N) is 1. The minimum Gasteiger partial charge on any atom is -0.464 e. The number of benzene rings is 1. The fraction of sp³-hybridized carbons (Fsp3) is 0.357. The maximum atomic E-state index is 5.66. The lowest BCUT2D eigenvalue weighted by Gasteiger charge is -2.13. The van der Waals surface area contributed by atoms with Crippen molar-refractivity contribution in [1.82, 2.24) is 15.0 Å². The molecular weight excluding hydrogens is 254 g/mol. The lowest BCUT2D eigenvalue weighted by atomic mass is 10.0. The third kappa shape index (κ3) is 3.34. The zero-order valence-corrected chi connectivity index (χ0v) is 11.9. The van der Waals surface area contributed by atoms with E-state index in [4.69, 9.17) is 10.5 Å². The number of para-hydroxylation sites is 1. The minimum atomic E-state index is 0.132. The molecule has 0 amide bonds. The number of nitrogen functional groups attached to an aromatic ring is 1. The molecule has 0 bridgehead atoms. The molecule has 0 spiro atoms. The van der Waals surface area contributed by atoms with Crippen LogP contribution in [0.25, 0.3) is 0 Å². The van der Waals surface area contributed by atoms with Gasteiger partial charge in [-0.2, -0.15) is 15.0 Å². The SMILES string of the molecule is CCOc1nc(N)nc(Nc2ccccc2C(C)C)n1. The van der Waals surface area contributed by atoms with Gasteiger partial charge in [-0.05, 0) is 24.5 Å². The Kier molecular flexibility index (Phi) is 4.34. The number of rotatable bonds is 5. The first kappa shape index (κ1) is 14.0. The molecule has 1 aromatic carbocycles. The summed E-state index contributed by atoms with van der Waals surface area (Å²) >= 11 is 0. The van der Waals surface area contributed by atoms with Crippen LogP contribution in [0.1, 0.15) is 32.3 Å². The first-order valence-corrected chi connectivity index (χ1v) is 6.60. The molecule has 6 heteroatoms. The van der Waals surface area contributed by atoms with Crippen LogP contribution < -0.4 is 15.8 Å². The summed E-state index contributed by atoms with van der Waals surface area (Å²) in [5, 5.41) is 3.17. The maximum Gasteiger partial charge on any atom is 0.323 e. The van der Waals surface area contributed by atoms with E-state index in [9.17, 15) is 0 Å². The molecule has 0 atom stereocenters. The molecule has 2 rings (SSSR count). The summed E-state index contributed by atoms with van der Waals surface area (Å²) in [6.07, 6.45) is 0. The van der Waals surface area contributed by atoms with E-state index in [1.807, 2.05) is 25.1 Å². The van der Waals surface area contributed by atoms with Crippen LogP contribution >= 0.6 is 0 Å². The monoisotopic (exact) mass is 273 g/mol. The highest BCUT2D eigenvalue weighted by atomic mass is 16.5. The molecule has 0 radical (unpaired) electrons. The van der Waals surface area contributed by atoms with Crippen LogP contribution in [0.2, 0.25) is 0 Å². The third-order valence-electron chi connectivity index (χ3n) is 2.73. The van der Waals surface area contributed by atoms with E-state index in [0.717, 1.165) is 5.69 Å². The van der Waals surface area contributed by atoms with Crippen molar-refractivity contribution in [3.8, 4) is 6.01 Å². The first-order valence-electron chi connectivity index (χ1n) is 6.60. The Morgan fingerprint density at radius 3 is 2.65 bits per heavy atom. The van der Waals surface area contributed by atoms with E-state index in [2.05, 4.69) is 40.2 Å². The van der Waals surface area contributed by atoms with Gasteiger partial charge in [-0.3, -0.25) is 0 Å².